The van der Waals surface area contributed by atoms with Gasteiger partial charge in [0.1, 0.15) is 22.6 Å². The number of primary amides is 1. The maximum atomic E-state index is 14.1. The van der Waals surface area contributed by atoms with E-state index in [4.69, 9.17) is 10.2 Å². The summed E-state index contributed by atoms with van der Waals surface area (Å²) in [5, 5.41) is 37.9. The summed E-state index contributed by atoms with van der Waals surface area (Å²) in [5.74, 6) is -5.65. The van der Waals surface area contributed by atoms with Gasteiger partial charge in [0.25, 0.3) is 5.91 Å². The molecule has 2 aromatic rings. The van der Waals surface area contributed by atoms with Crippen molar-refractivity contribution in [2.24, 2.45) is 17.6 Å². The first-order valence-electron chi connectivity index (χ1n) is 13.8. The molecule has 12 nitrogen and oxygen atoms in total. The van der Waals surface area contributed by atoms with Gasteiger partial charge in [-0.15, -0.1) is 0 Å². The molecule has 5 rings (SSSR count). The zero-order valence-corrected chi connectivity index (χ0v) is 23.9. The second kappa shape index (κ2) is 10.3. The molecule has 3 aliphatic carbocycles. The number of Topliss-reactive ketones (excluding diaryl/α,β-unsaturated/α-hetero) is 2. The van der Waals surface area contributed by atoms with Crippen LogP contribution in [-0.4, -0.2) is 89.1 Å². The smallest absolute Gasteiger partial charge is 0.255 e. The summed E-state index contributed by atoms with van der Waals surface area (Å²) in [6, 6.07) is 0.785. The fourth-order valence-corrected chi connectivity index (χ4v) is 6.70. The Bertz CT molecular complexity index is 1520. The second-order valence-corrected chi connectivity index (χ2v) is 11.6. The second-order valence-electron chi connectivity index (χ2n) is 11.6. The van der Waals surface area contributed by atoms with Crippen LogP contribution in [-0.2, 0) is 27.3 Å². The molecule has 0 saturated heterocycles. The molecule has 0 aliphatic heterocycles. The van der Waals surface area contributed by atoms with E-state index in [1.165, 1.54) is 4.90 Å². The summed E-state index contributed by atoms with van der Waals surface area (Å²) in [7, 11) is 6.91. The Kier molecular flexibility index (Phi) is 7.21. The van der Waals surface area contributed by atoms with Crippen molar-refractivity contribution in [2.45, 2.75) is 50.8 Å². The minimum absolute atomic E-state index is 0.0830. The number of hydrogen-bond acceptors (Lipinski definition) is 11. The summed E-state index contributed by atoms with van der Waals surface area (Å²) < 4.78 is 6.10. The Morgan fingerprint density at radius 2 is 1.95 bits per heavy atom. The maximum Gasteiger partial charge on any atom is 0.255 e. The van der Waals surface area contributed by atoms with Gasteiger partial charge in [0, 0.05) is 31.3 Å². The summed E-state index contributed by atoms with van der Waals surface area (Å²) in [6.07, 6.45) is 2.43. The number of fused-ring (bicyclic) bond motifs is 5. The summed E-state index contributed by atoms with van der Waals surface area (Å²) >= 11 is 0. The van der Waals surface area contributed by atoms with Crippen LogP contribution >= 0.6 is 0 Å². The number of aliphatic hydroxyl groups is 3. The monoisotopic (exact) mass is 567 g/mol. The van der Waals surface area contributed by atoms with Crippen molar-refractivity contribution in [2.75, 3.05) is 39.6 Å². The van der Waals surface area contributed by atoms with Gasteiger partial charge in [-0.1, -0.05) is 13.3 Å². The van der Waals surface area contributed by atoms with Crippen LogP contribution in [0.15, 0.2) is 27.4 Å². The molecular formula is C29H37N5O7. The van der Waals surface area contributed by atoms with Crippen molar-refractivity contribution >= 4 is 40.0 Å². The largest absolute Gasteiger partial charge is 0.508 e. The van der Waals surface area contributed by atoms with Crippen molar-refractivity contribution in [1.82, 2.24) is 15.2 Å². The molecule has 0 unspecified atom stereocenters. The minimum Gasteiger partial charge on any atom is -0.508 e. The molecule has 220 valence electrons. The van der Waals surface area contributed by atoms with E-state index in [1.807, 2.05) is 25.1 Å². The first-order valence-corrected chi connectivity index (χ1v) is 13.8. The fourth-order valence-electron chi connectivity index (χ4n) is 6.70. The van der Waals surface area contributed by atoms with Crippen LogP contribution < -0.4 is 16.0 Å². The molecule has 4 atom stereocenters. The van der Waals surface area contributed by atoms with E-state index in [0.29, 0.717) is 35.5 Å². The van der Waals surface area contributed by atoms with Gasteiger partial charge in [-0.05, 0) is 57.5 Å². The maximum absolute atomic E-state index is 14.1. The highest BCUT2D eigenvalue weighted by molar-refractivity contribution is 6.24. The van der Waals surface area contributed by atoms with Gasteiger partial charge in [0.2, 0.25) is 11.7 Å². The number of oxazole rings is 1. The van der Waals surface area contributed by atoms with Crippen LogP contribution in [0.1, 0.15) is 43.2 Å². The number of benzene rings is 1. The predicted octanol–water partition coefficient (Wildman–Crippen LogP) is 1.36. The third kappa shape index (κ3) is 4.23. The number of nitrogens with zero attached hydrogens (tertiary/aromatic N) is 3. The van der Waals surface area contributed by atoms with E-state index in [1.54, 1.807) is 14.1 Å². The van der Waals surface area contributed by atoms with Crippen molar-refractivity contribution in [1.29, 1.82) is 0 Å². The van der Waals surface area contributed by atoms with E-state index < -0.39 is 52.3 Å². The highest BCUT2D eigenvalue weighted by Gasteiger charge is 2.64. The lowest BCUT2D eigenvalue weighted by Crippen LogP contribution is -2.65. The number of aliphatic hydroxyl groups excluding tert-OH is 2. The van der Waals surface area contributed by atoms with Gasteiger partial charge in [0.15, 0.2) is 17.0 Å². The normalized spacial score (nSPS) is 26.0. The summed E-state index contributed by atoms with van der Waals surface area (Å²) in [4.78, 5) is 47.6. The van der Waals surface area contributed by atoms with Crippen molar-refractivity contribution < 1.29 is 34.1 Å². The molecule has 1 heterocycles. The number of carbonyl (C=O) groups excluding carboxylic acids is 3. The van der Waals surface area contributed by atoms with Crippen LogP contribution in [0.2, 0.25) is 0 Å². The van der Waals surface area contributed by atoms with E-state index >= 15 is 0 Å². The standard InChI is InChI=1S/C29H37N5O7/c1-6-7-8-31-12-18-32-16-11-17(33(2)3)14-9-13-10-15-22(34(4)5)24(36)21(28(30)39)27(38)29(15,40)26(37)19(13)23(35)20(14)25(16)41-18/h11,13,15,22,31,35,38,40H,6-10,12H2,1-5H3,(H2,30,39)/t13-,15-,22-,29-/m0/s1. The molecule has 1 aromatic carbocycles. The number of rotatable bonds is 8. The van der Waals surface area contributed by atoms with Gasteiger partial charge < -0.3 is 35.7 Å². The van der Waals surface area contributed by atoms with Crippen molar-refractivity contribution in [3.63, 3.8) is 0 Å². The van der Waals surface area contributed by atoms with E-state index in [-0.39, 0.29) is 17.8 Å². The van der Waals surface area contributed by atoms with Gasteiger partial charge in [-0.25, -0.2) is 4.98 Å². The molecule has 12 heteroatoms. The number of hydrogen-bond donors (Lipinski definition) is 5. The van der Waals surface area contributed by atoms with Crippen LogP contribution in [0.3, 0.4) is 0 Å². The predicted molar refractivity (Wildman–Crippen MR) is 151 cm³/mol. The number of nitrogens with two attached hydrogens (primary N) is 1. The van der Waals surface area contributed by atoms with Crippen LogP contribution in [0.4, 0.5) is 5.69 Å². The SMILES string of the molecule is CCCCNCc1nc2cc(N(C)C)c3c(c2o1)C(O)=C1C(=O)[C@]2(O)C(O)=C(C(N)=O)C(=O)[C@@H](N(C)C)[C@@H]2C[C@@H]1C3. The number of carbonyl (C=O) groups is 3. The molecule has 3 aliphatic rings. The van der Waals surface area contributed by atoms with E-state index in [9.17, 15) is 29.7 Å². The van der Waals surface area contributed by atoms with E-state index in [2.05, 4.69) is 17.2 Å². The average molecular weight is 568 g/mol. The highest BCUT2D eigenvalue weighted by atomic mass is 16.4. The van der Waals surface area contributed by atoms with Crippen LogP contribution in [0, 0.1) is 11.8 Å². The number of ketones is 2. The third-order valence-electron chi connectivity index (χ3n) is 8.59. The van der Waals surface area contributed by atoms with Crippen LogP contribution in [0.25, 0.3) is 16.9 Å². The Hall–Kier alpha value is -3.74. The quantitative estimate of drug-likeness (QED) is 0.229. The van der Waals surface area contributed by atoms with Crippen molar-refractivity contribution in [3.8, 4) is 0 Å². The lowest BCUT2D eigenvalue weighted by molar-refractivity contribution is -0.153. The average Bonchev–Trinajstić information content (AvgIpc) is 3.30. The number of anilines is 1. The number of likely N-dealkylation sites (N-methyl/N-ethyl adjacent to an activating group) is 1. The number of nitrogens with one attached hydrogen (secondary N) is 1. The lowest BCUT2D eigenvalue weighted by atomic mass is 9.57. The van der Waals surface area contributed by atoms with Crippen molar-refractivity contribution in [3.05, 3.63) is 40.0 Å². The Balaban J connectivity index is 1.70. The molecule has 1 saturated carbocycles. The van der Waals surface area contributed by atoms with E-state index in [0.717, 1.165) is 30.6 Å². The molecule has 41 heavy (non-hydrogen) atoms. The molecule has 1 amide bonds. The van der Waals surface area contributed by atoms with Gasteiger partial charge in [-0.3, -0.25) is 19.3 Å². The summed E-state index contributed by atoms with van der Waals surface area (Å²) in [6.45, 7) is 3.28. The van der Waals surface area contributed by atoms with Gasteiger partial charge >= 0.3 is 0 Å². The zero-order chi connectivity index (χ0) is 30.0. The molecule has 0 spiro atoms. The Labute approximate surface area is 237 Å². The first kappa shape index (κ1) is 28.8. The summed E-state index contributed by atoms with van der Waals surface area (Å²) in [5.41, 5.74) is 4.53. The molecule has 6 N–H and O–H groups in total. The third-order valence-corrected chi connectivity index (χ3v) is 8.59. The molecule has 0 bridgehead atoms. The number of aromatic nitrogens is 1. The zero-order valence-electron chi connectivity index (χ0n) is 23.9. The Morgan fingerprint density at radius 3 is 2.56 bits per heavy atom. The molecule has 1 aromatic heterocycles. The minimum atomic E-state index is -2.63. The highest BCUT2D eigenvalue weighted by Crippen LogP contribution is 2.53. The van der Waals surface area contributed by atoms with Gasteiger partial charge in [0.05, 0.1) is 18.2 Å². The van der Waals surface area contributed by atoms with Gasteiger partial charge in [-0.2, -0.15) is 0 Å². The van der Waals surface area contributed by atoms with Crippen LogP contribution in [0.5, 0.6) is 0 Å². The topological polar surface area (TPSA) is 182 Å². The first-order chi connectivity index (χ1) is 19.3. The lowest BCUT2D eigenvalue weighted by Gasteiger charge is -2.50. The number of unbranched alkanes of at least 4 members (excludes halogenated alkanes) is 1. The fraction of sp³-hybridized carbons (Fsp3) is 0.517. The molecular weight excluding hydrogens is 530 g/mol. The number of amides is 1. The molecule has 1 fully saturated rings. The molecule has 0 radical (unpaired) electrons. The Morgan fingerprint density at radius 1 is 1.24 bits per heavy atom.